The zero-order valence-electron chi connectivity index (χ0n) is 11.6. The lowest BCUT2D eigenvalue weighted by atomic mass is 10.1. The number of halogens is 3. The Morgan fingerprint density at radius 2 is 2.05 bits per heavy atom. The van der Waals surface area contributed by atoms with Crippen molar-refractivity contribution in [1.82, 2.24) is 5.32 Å². The van der Waals surface area contributed by atoms with Gasteiger partial charge in [0.25, 0.3) is 0 Å². The first kappa shape index (κ1) is 17.1. The van der Waals surface area contributed by atoms with Gasteiger partial charge in [-0.15, -0.1) is 0 Å². The number of amides is 1. The molecule has 0 atom stereocenters. The number of nitrogens with two attached hydrogens (primary N) is 1. The minimum Gasteiger partial charge on any atom is -0.398 e. The van der Waals surface area contributed by atoms with Gasteiger partial charge in [0.15, 0.2) is 0 Å². The van der Waals surface area contributed by atoms with E-state index < -0.39 is 11.7 Å². The molecule has 0 heterocycles. The number of alkyl halides is 3. The lowest BCUT2D eigenvalue weighted by Crippen LogP contribution is -2.28. The lowest BCUT2D eigenvalue weighted by Gasteiger charge is -2.13. The van der Waals surface area contributed by atoms with E-state index in [4.69, 9.17) is 10.5 Å². The number of ether oxygens (including phenoxy) is 1. The topological polar surface area (TPSA) is 76.4 Å². The summed E-state index contributed by atoms with van der Waals surface area (Å²) in [5.74, 6) is -0.203. The minimum absolute atomic E-state index is 0.148. The van der Waals surface area contributed by atoms with Crippen molar-refractivity contribution >= 4 is 17.3 Å². The van der Waals surface area contributed by atoms with Gasteiger partial charge in [-0.05, 0) is 18.2 Å². The third-order valence-corrected chi connectivity index (χ3v) is 2.67. The molecule has 0 aliphatic carbocycles. The maximum absolute atomic E-state index is 12.7. The van der Waals surface area contributed by atoms with Gasteiger partial charge in [-0.25, -0.2) is 0 Å². The van der Waals surface area contributed by atoms with Gasteiger partial charge in [-0.3, -0.25) is 4.79 Å². The Morgan fingerprint density at radius 3 is 2.67 bits per heavy atom. The normalized spacial score (nSPS) is 11.2. The van der Waals surface area contributed by atoms with Crippen molar-refractivity contribution in [3.8, 4) is 0 Å². The third kappa shape index (κ3) is 5.90. The van der Waals surface area contributed by atoms with E-state index in [0.29, 0.717) is 13.2 Å². The van der Waals surface area contributed by atoms with Gasteiger partial charge in [0.2, 0.25) is 5.91 Å². The molecule has 1 rings (SSSR count). The van der Waals surface area contributed by atoms with Crippen LogP contribution in [0.2, 0.25) is 0 Å². The SMILES string of the molecule is COCCNC(=O)CCNc1ccc(N)c(C(F)(F)F)c1. The minimum atomic E-state index is -4.50. The summed E-state index contributed by atoms with van der Waals surface area (Å²) in [7, 11) is 1.52. The van der Waals surface area contributed by atoms with Gasteiger partial charge in [-0.2, -0.15) is 13.2 Å². The van der Waals surface area contributed by atoms with Crippen molar-refractivity contribution in [2.45, 2.75) is 12.6 Å². The Hall–Kier alpha value is -1.96. The maximum atomic E-state index is 12.7. The second-order valence-electron chi connectivity index (χ2n) is 4.32. The number of nitrogen functional groups attached to an aromatic ring is 1. The van der Waals surface area contributed by atoms with Crippen molar-refractivity contribution in [3.63, 3.8) is 0 Å². The van der Waals surface area contributed by atoms with Crippen LogP contribution in [0.15, 0.2) is 18.2 Å². The summed E-state index contributed by atoms with van der Waals surface area (Å²) in [5.41, 5.74) is 4.34. The van der Waals surface area contributed by atoms with Crippen LogP contribution in [-0.2, 0) is 15.7 Å². The number of methoxy groups -OCH3 is 1. The lowest BCUT2D eigenvalue weighted by molar-refractivity contribution is -0.136. The Balaban J connectivity index is 2.48. The van der Waals surface area contributed by atoms with E-state index in [2.05, 4.69) is 10.6 Å². The highest BCUT2D eigenvalue weighted by Gasteiger charge is 2.33. The monoisotopic (exact) mass is 305 g/mol. The second-order valence-corrected chi connectivity index (χ2v) is 4.32. The number of hydrogen-bond acceptors (Lipinski definition) is 4. The summed E-state index contributed by atoms with van der Waals surface area (Å²) in [4.78, 5) is 11.4. The first-order valence-electron chi connectivity index (χ1n) is 6.31. The molecule has 0 fully saturated rings. The fourth-order valence-electron chi connectivity index (χ4n) is 1.61. The molecule has 0 radical (unpaired) electrons. The fourth-order valence-corrected chi connectivity index (χ4v) is 1.61. The van der Waals surface area contributed by atoms with Crippen molar-refractivity contribution in [2.75, 3.05) is 37.9 Å². The van der Waals surface area contributed by atoms with Crippen LogP contribution < -0.4 is 16.4 Å². The summed E-state index contributed by atoms with van der Waals surface area (Å²) in [6.45, 7) is 1.03. The molecule has 0 unspecified atom stereocenters. The molecule has 0 aliphatic rings. The predicted molar refractivity (Wildman–Crippen MR) is 73.8 cm³/mol. The average molecular weight is 305 g/mol. The molecule has 4 N–H and O–H groups in total. The third-order valence-electron chi connectivity index (χ3n) is 2.67. The molecule has 0 saturated carbocycles. The zero-order valence-corrected chi connectivity index (χ0v) is 11.6. The van der Waals surface area contributed by atoms with Gasteiger partial charge < -0.3 is 21.1 Å². The van der Waals surface area contributed by atoms with Crippen LogP contribution in [0.5, 0.6) is 0 Å². The van der Waals surface area contributed by atoms with Gasteiger partial charge in [-0.1, -0.05) is 0 Å². The highest BCUT2D eigenvalue weighted by molar-refractivity contribution is 5.76. The Labute approximate surface area is 120 Å². The Bertz CT molecular complexity index is 478. The van der Waals surface area contributed by atoms with Crippen LogP contribution in [0, 0.1) is 0 Å². The number of anilines is 2. The van der Waals surface area contributed by atoms with E-state index in [1.807, 2.05) is 0 Å². The van der Waals surface area contributed by atoms with Crippen LogP contribution in [0.1, 0.15) is 12.0 Å². The molecule has 0 spiro atoms. The van der Waals surface area contributed by atoms with Gasteiger partial charge in [0.1, 0.15) is 0 Å². The Kier molecular flexibility index (Phi) is 6.29. The molecule has 8 heteroatoms. The second kappa shape index (κ2) is 7.72. The fraction of sp³-hybridized carbons (Fsp3) is 0.462. The molecule has 1 aromatic carbocycles. The molecule has 0 saturated heterocycles. The van der Waals surface area contributed by atoms with Crippen LogP contribution in [0.3, 0.4) is 0 Å². The number of nitrogens with one attached hydrogen (secondary N) is 2. The summed E-state index contributed by atoms with van der Waals surface area (Å²) >= 11 is 0. The van der Waals surface area contributed by atoms with Crippen molar-refractivity contribution in [2.24, 2.45) is 0 Å². The number of carbonyl (C=O) groups is 1. The predicted octanol–water partition coefficient (Wildman–Crippen LogP) is 1.85. The first-order valence-corrected chi connectivity index (χ1v) is 6.31. The van der Waals surface area contributed by atoms with E-state index in [0.717, 1.165) is 6.07 Å². The van der Waals surface area contributed by atoms with Gasteiger partial charge in [0.05, 0.1) is 12.2 Å². The van der Waals surface area contributed by atoms with Crippen LogP contribution in [0.25, 0.3) is 0 Å². The van der Waals surface area contributed by atoms with E-state index in [9.17, 15) is 18.0 Å². The van der Waals surface area contributed by atoms with E-state index in [1.165, 1.54) is 19.2 Å². The molecule has 5 nitrogen and oxygen atoms in total. The van der Waals surface area contributed by atoms with Crippen LogP contribution in [-0.4, -0.2) is 32.7 Å². The van der Waals surface area contributed by atoms with Crippen LogP contribution in [0.4, 0.5) is 24.5 Å². The Morgan fingerprint density at radius 1 is 1.33 bits per heavy atom. The maximum Gasteiger partial charge on any atom is 0.418 e. The summed E-state index contributed by atoms with van der Waals surface area (Å²) < 4.78 is 42.8. The summed E-state index contributed by atoms with van der Waals surface area (Å²) in [6.07, 6.45) is -4.35. The molecular weight excluding hydrogens is 287 g/mol. The van der Waals surface area contributed by atoms with Crippen LogP contribution >= 0.6 is 0 Å². The van der Waals surface area contributed by atoms with Crippen molar-refractivity contribution in [1.29, 1.82) is 0 Å². The molecule has 21 heavy (non-hydrogen) atoms. The standard InChI is InChI=1S/C13H18F3N3O2/c1-21-7-6-19-12(20)4-5-18-9-2-3-11(17)10(8-9)13(14,15)16/h2-3,8,18H,4-7,17H2,1H3,(H,19,20). The quantitative estimate of drug-likeness (QED) is 0.531. The molecule has 0 aromatic heterocycles. The summed E-state index contributed by atoms with van der Waals surface area (Å²) in [6, 6.07) is 3.55. The molecule has 118 valence electrons. The number of hydrogen-bond donors (Lipinski definition) is 3. The van der Waals surface area contributed by atoms with E-state index >= 15 is 0 Å². The van der Waals surface area contributed by atoms with Crippen molar-refractivity contribution in [3.05, 3.63) is 23.8 Å². The summed E-state index contributed by atoms with van der Waals surface area (Å²) in [5, 5.41) is 5.37. The first-order chi connectivity index (χ1) is 9.84. The zero-order chi connectivity index (χ0) is 15.9. The molecular formula is C13H18F3N3O2. The van der Waals surface area contributed by atoms with E-state index in [-0.39, 0.29) is 30.2 Å². The molecule has 1 amide bonds. The number of carbonyl (C=O) groups excluding carboxylic acids is 1. The largest absolute Gasteiger partial charge is 0.418 e. The molecule has 1 aromatic rings. The van der Waals surface area contributed by atoms with Gasteiger partial charge in [0, 0.05) is 38.0 Å². The molecule has 0 aliphatic heterocycles. The van der Waals surface area contributed by atoms with Crippen molar-refractivity contribution < 1.29 is 22.7 Å². The van der Waals surface area contributed by atoms with E-state index in [1.54, 1.807) is 0 Å². The smallest absolute Gasteiger partial charge is 0.398 e. The number of benzene rings is 1. The highest BCUT2D eigenvalue weighted by Crippen LogP contribution is 2.35. The molecule has 0 bridgehead atoms. The van der Waals surface area contributed by atoms with Gasteiger partial charge >= 0.3 is 6.18 Å². The average Bonchev–Trinajstić information content (AvgIpc) is 2.39. The number of rotatable bonds is 7. The highest BCUT2D eigenvalue weighted by atomic mass is 19.4.